The predicted octanol–water partition coefficient (Wildman–Crippen LogP) is 4.14. The molecule has 5 rings (SSSR count). The molecule has 7 nitrogen and oxygen atoms in total. The van der Waals surface area contributed by atoms with Gasteiger partial charge in [-0.25, -0.2) is 4.79 Å². The van der Waals surface area contributed by atoms with Crippen LogP contribution in [0.25, 0.3) is 5.57 Å². The molecule has 0 bridgehead atoms. The van der Waals surface area contributed by atoms with Crippen molar-refractivity contribution in [1.29, 1.82) is 0 Å². The Kier molecular flexibility index (Phi) is 5.98. The summed E-state index contributed by atoms with van der Waals surface area (Å²) in [5, 5.41) is 0. The summed E-state index contributed by atoms with van der Waals surface area (Å²) in [6, 6.07) is 5.77. The summed E-state index contributed by atoms with van der Waals surface area (Å²) in [4.78, 5) is 30.0. The van der Waals surface area contributed by atoms with Crippen molar-refractivity contribution in [2.45, 2.75) is 51.2 Å². The normalized spacial score (nSPS) is 23.4. The molecule has 7 heteroatoms. The molecule has 2 heterocycles. The SMILES string of the molecule is C[C@H]1CN(C(=O)OC2CCOCC2)c2cc(C3=C(N)CC=CC=C3)ccc2N1C(=O)C1CC1. The van der Waals surface area contributed by atoms with Gasteiger partial charge in [0.05, 0.1) is 30.6 Å². The lowest BCUT2D eigenvalue weighted by molar-refractivity contribution is -0.120. The number of allylic oxidation sites excluding steroid dienone is 5. The van der Waals surface area contributed by atoms with E-state index in [0.29, 0.717) is 44.7 Å². The van der Waals surface area contributed by atoms with Crippen molar-refractivity contribution in [3.05, 3.63) is 53.8 Å². The third-order valence-corrected chi connectivity index (χ3v) is 6.74. The van der Waals surface area contributed by atoms with E-state index < -0.39 is 0 Å². The van der Waals surface area contributed by atoms with Gasteiger partial charge >= 0.3 is 6.09 Å². The van der Waals surface area contributed by atoms with Crippen LogP contribution in [0.15, 0.2) is 48.2 Å². The largest absolute Gasteiger partial charge is 0.446 e. The topological polar surface area (TPSA) is 85.1 Å². The summed E-state index contributed by atoms with van der Waals surface area (Å²) in [5.74, 6) is 0.237. The number of hydrogen-bond donors (Lipinski definition) is 1. The van der Waals surface area contributed by atoms with Crippen LogP contribution in [0.4, 0.5) is 16.2 Å². The van der Waals surface area contributed by atoms with E-state index in [1.54, 1.807) is 4.90 Å². The molecule has 0 aromatic heterocycles. The number of fused-ring (bicyclic) bond motifs is 1. The van der Waals surface area contributed by atoms with Crippen LogP contribution in [-0.2, 0) is 14.3 Å². The van der Waals surface area contributed by atoms with Crippen LogP contribution in [0.2, 0.25) is 0 Å². The summed E-state index contributed by atoms with van der Waals surface area (Å²) in [6.07, 6.45) is 11.4. The Bertz CT molecular complexity index is 1030. The van der Waals surface area contributed by atoms with E-state index in [2.05, 4.69) is 0 Å². The number of anilines is 2. The number of carbonyl (C=O) groups excluding carboxylic acids is 2. The maximum atomic E-state index is 13.3. The Morgan fingerprint density at radius 1 is 1.09 bits per heavy atom. The molecule has 1 saturated heterocycles. The Balaban J connectivity index is 1.52. The number of amides is 2. The smallest absolute Gasteiger partial charge is 0.414 e. The second kappa shape index (κ2) is 9.06. The van der Waals surface area contributed by atoms with E-state index in [1.165, 1.54) is 0 Å². The molecule has 0 unspecified atom stereocenters. The van der Waals surface area contributed by atoms with Crippen LogP contribution in [0.5, 0.6) is 0 Å². The first kappa shape index (κ1) is 21.8. The molecular weight excluding hydrogens is 418 g/mol. The van der Waals surface area contributed by atoms with E-state index in [9.17, 15) is 9.59 Å². The van der Waals surface area contributed by atoms with E-state index in [-0.39, 0.29) is 30.1 Å². The van der Waals surface area contributed by atoms with Gasteiger partial charge in [0.2, 0.25) is 5.91 Å². The number of carbonyl (C=O) groups is 2. The fourth-order valence-electron chi connectivity index (χ4n) is 4.75. The average molecular weight is 450 g/mol. The molecule has 0 spiro atoms. The molecular formula is C26H31N3O4. The van der Waals surface area contributed by atoms with E-state index in [1.807, 2.05) is 54.3 Å². The first-order valence-electron chi connectivity index (χ1n) is 11.9. The van der Waals surface area contributed by atoms with Gasteiger partial charge in [-0.1, -0.05) is 30.4 Å². The Morgan fingerprint density at radius 3 is 2.64 bits per heavy atom. The standard InChI is InChI=1S/C26H31N3O4/c1-17-16-28(26(31)33-20-11-13-32-14-12-20)24-15-19(21-5-3-2-4-6-22(21)27)9-10-23(24)29(17)25(30)18-7-8-18/h2-5,9-10,15,17-18,20H,6-8,11-14,16,27H2,1H3/t17-/m0/s1. The van der Waals surface area contributed by atoms with Crippen LogP contribution in [0.1, 0.15) is 44.6 Å². The van der Waals surface area contributed by atoms with Crippen molar-refractivity contribution >= 4 is 28.9 Å². The zero-order valence-corrected chi connectivity index (χ0v) is 19.0. The summed E-state index contributed by atoms with van der Waals surface area (Å²) in [6.45, 7) is 3.59. The van der Waals surface area contributed by atoms with Gasteiger partial charge in [0, 0.05) is 43.0 Å². The Morgan fingerprint density at radius 2 is 1.88 bits per heavy atom. The highest BCUT2D eigenvalue weighted by Gasteiger charge is 2.41. The maximum Gasteiger partial charge on any atom is 0.414 e. The molecule has 174 valence electrons. The number of nitrogens with zero attached hydrogens (tertiary/aromatic N) is 2. The minimum absolute atomic E-state index is 0.0925. The van der Waals surface area contributed by atoms with Crippen molar-refractivity contribution in [2.24, 2.45) is 11.7 Å². The molecule has 33 heavy (non-hydrogen) atoms. The zero-order valence-electron chi connectivity index (χ0n) is 19.0. The van der Waals surface area contributed by atoms with Crippen molar-refractivity contribution in [3.8, 4) is 0 Å². The molecule has 1 aromatic carbocycles. The van der Waals surface area contributed by atoms with Gasteiger partial charge in [-0.2, -0.15) is 0 Å². The highest BCUT2D eigenvalue weighted by Crippen LogP contribution is 2.42. The second-order valence-electron chi connectivity index (χ2n) is 9.27. The lowest BCUT2D eigenvalue weighted by Gasteiger charge is -2.41. The molecule has 2 N–H and O–H groups in total. The Labute approximate surface area is 194 Å². The summed E-state index contributed by atoms with van der Waals surface area (Å²) >= 11 is 0. The summed E-state index contributed by atoms with van der Waals surface area (Å²) in [7, 11) is 0. The maximum absolute atomic E-state index is 13.3. The summed E-state index contributed by atoms with van der Waals surface area (Å²) in [5.41, 5.74) is 10.4. The number of benzene rings is 1. The molecule has 0 radical (unpaired) electrons. The van der Waals surface area contributed by atoms with E-state index in [0.717, 1.165) is 35.4 Å². The first-order chi connectivity index (χ1) is 16.0. The molecule has 1 atom stereocenters. The molecule has 2 fully saturated rings. The summed E-state index contributed by atoms with van der Waals surface area (Å²) < 4.78 is 11.3. The van der Waals surface area contributed by atoms with E-state index in [4.69, 9.17) is 15.2 Å². The van der Waals surface area contributed by atoms with Gasteiger partial charge in [0.25, 0.3) is 0 Å². The van der Waals surface area contributed by atoms with Gasteiger partial charge in [-0.3, -0.25) is 9.69 Å². The molecule has 2 aliphatic carbocycles. The fraction of sp³-hybridized carbons (Fsp3) is 0.462. The zero-order chi connectivity index (χ0) is 22.9. The highest BCUT2D eigenvalue weighted by molar-refractivity contribution is 6.05. The third-order valence-electron chi connectivity index (χ3n) is 6.74. The Hall–Kier alpha value is -3.06. The fourth-order valence-corrected chi connectivity index (χ4v) is 4.75. The number of hydrogen-bond acceptors (Lipinski definition) is 5. The number of ether oxygens (including phenoxy) is 2. The van der Waals surface area contributed by atoms with Crippen LogP contribution in [0.3, 0.4) is 0 Å². The van der Waals surface area contributed by atoms with Gasteiger partial charge in [-0.15, -0.1) is 0 Å². The molecule has 2 amide bonds. The minimum atomic E-state index is -0.370. The minimum Gasteiger partial charge on any atom is -0.446 e. The van der Waals surface area contributed by atoms with Gasteiger partial charge in [-0.05, 0) is 37.5 Å². The van der Waals surface area contributed by atoms with Crippen molar-refractivity contribution in [2.75, 3.05) is 29.6 Å². The van der Waals surface area contributed by atoms with Crippen molar-refractivity contribution in [1.82, 2.24) is 0 Å². The molecule has 4 aliphatic rings. The average Bonchev–Trinajstić information content (AvgIpc) is 3.67. The number of rotatable bonds is 3. The number of nitrogens with two attached hydrogens (primary N) is 1. The second-order valence-corrected chi connectivity index (χ2v) is 9.27. The van der Waals surface area contributed by atoms with E-state index >= 15 is 0 Å². The first-order valence-corrected chi connectivity index (χ1v) is 11.9. The monoisotopic (exact) mass is 449 g/mol. The van der Waals surface area contributed by atoms with Crippen molar-refractivity contribution < 1.29 is 19.1 Å². The van der Waals surface area contributed by atoms with Crippen LogP contribution >= 0.6 is 0 Å². The lowest BCUT2D eigenvalue weighted by Crippen LogP contribution is -2.53. The molecule has 1 saturated carbocycles. The van der Waals surface area contributed by atoms with Crippen LogP contribution in [-0.4, -0.2) is 43.9 Å². The van der Waals surface area contributed by atoms with Crippen LogP contribution < -0.4 is 15.5 Å². The highest BCUT2D eigenvalue weighted by atomic mass is 16.6. The van der Waals surface area contributed by atoms with Gasteiger partial charge in [0.1, 0.15) is 6.10 Å². The quantitative estimate of drug-likeness (QED) is 0.750. The predicted molar refractivity (Wildman–Crippen MR) is 128 cm³/mol. The molecule has 2 aliphatic heterocycles. The van der Waals surface area contributed by atoms with Crippen molar-refractivity contribution in [3.63, 3.8) is 0 Å². The van der Waals surface area contributed by atoms with Crippen LogP contribution in [0, 0.1) is 5.92 Å². The third kappa shape index (κ3) is 4.42. The van der Waals surface area contributed by atoms with Gasteiger partial charge < -0.3 is 20.1 Å². The van der Waals surface area contributed by atoms with Gasteiger partial charge in [0.15, 0.2) is 0 Å². The lowest BCUT2D eigenvalue weighted by atomic mass is 9.98. The molecule has 1 aromatic rings.